The number of hydrogen-bond acceptors (Lipinski definition) is 4. The van der Waals surface area contributed by atoms with Gasteiger partial charge in [0.2, 0.25) is 5.56 Å². The molecule has 1 aromatic heterocycles. The molecular weight excluding hydrogens is 320 g/mol. The number of methoxy groups -OCH3 is 1. The predicted octanol–water partition coefficient (Wildman–Crippen LogP) is 2.20. The van der Waals surface area contributed by atoms with Crippen LogP contribution in [0.1, 0.15) is 28.8 Å². The lowest BCUT2D eigenvalue weighted by Gasteiger charge is -2.26. The van der Waals surface area contributed by atoms with Gasteiger partial charge in [-0.05, 0) is 36.6 Å². The van der Waals surface area contributed by atoms with Crippen molar-refractivity contribution in [2.45, 2.75) is 25.5 Å². The Kier molecular flexibility index (Phi) is 5.50. The zero-order valence-corrected chi connectivity index (χ0v) is 14.2. The van der Waals surface area contributed by atoms with E-state index < -0.39 is 0 Å². The number of rotatable bonds is 6. The molecule has 0 unspecified atom stereocenters. The van der Waals surface area contributed by atoms with Crippen molar-refractivity contribution in [2.75, 3.05) is 20.3 Å². The predicted molar refractivity (Wildman–Crippen MR) is 93.8 cm³/mol. The molecule has 0 saturated carbocycles. The molecule has 1 saturated heterocycles. The molecule has 25 heavy (non-hydrogen) atoms. The SMILES string of the molecule is COc1cccc(CN(C[C@H]2CCCO2)C(=O)c2ccc(=O)[nH]c2)c1. The first-order chi connectivity index (χ1) is 12.2. The van der Waals surface area contributed by atoms with Gasteiger partial charge in [-0.3, -0.25) is 9.59 Å². The number of amides is 1. The van der Waals surface area contributed by atoms with Gasteiger partial charge in [-0.25, -0.2) is 0 Å². The van der Waals surface area contributed by atoms with Crippen LogP contribution in [0.5, 0.6) is 5.75 Å². The smallest absolute Gasteiger partial charge is 0.255 e. The van der Waals surface area contributed by atoms with E-state index in [1.165, 1.54) is 12.3 Å². The fourth-order valence-corrected chi connectivity index (χ4v) is 2.97. The molecule has 0 spiro atoms. The highest BCUT2D eigenvalue weighted by Crippen LogP contribution is 2.19. The number of ether oxygens (including phenoxy) is 2. The first kappa shape index (κ1) is 17.2. The van der Waals surface area contributed by atoms with E-state index >= 15 is 0 Å². The van der Waals surface area contributed by atoms with Gasteiger partial charge < -0.3 is 19.4 Å². The molecule has 132 valence electrons. The lowest BCUT2D eigenvalue weighted by molar-refractivity contribution is 0.0507. The molecule has 3 rings (SSSR count). The van der Waals surface area contributed by atoms with Crippen molar-refractivity contribution in [3.8, 4) is 5.75 Å². The summed E-state index contributed by atoms with van der Waals surface area (Å²) in [6, 6.07) is 10.6. The molecule has 1 fully saturated rings. The maximum Gasteiger partial charge on any atom is 0.255 e. The van der Waals surface area contributed by atoms with Gasteiger partial charge in [-0.1, -0.05) is 12.1 Å². The van der Waals surface area contributed by atoms with E-state index in [9.17, 15) is 9.59 Å². The number of benzene rings is 1. The summed E-state index contributed by atoms with van der Waals surface area (Å²) in [5, 5.41) is 0. The minimum Gasteiger partial charge on any atom is -0.497 e. The average molecular weight is 342 g/mol. The highest BCUT2D eigenvalue weighted by atomic mass is 16.5. The van der Waals surface area contributed by atoms with Crippen molar-refractivity contribution in [1.82, 2.24) is 9.88 Å². The molecule has 1 atom stereocenters. The molecule has 1 aromatic carbocycles. The summed E-state index contributed by atoms with van der Waals surface area (Å²) in [6.45, 7) is 1.72. The van der Waals surface area contributed by atoms with E-state index in [-0.39, 0.29) is 17.6 Å². The van der Waals surface area contributed by atoms with E-state index in [2.05, 4.69) is 4.98 Å². The Morgan fingerprint density at radius 1 is 1.36 bits per heavy atom. The van der Waals surface area contributed by atoms with Crippen molar-refractivity contribution in [3.63, 3.8) is 0 Å². The highest BCUT2D eigenvalue weighted by Gasteiger charge is 2.24. The Labute approximate surface area is 146 Å². The number of pyridine rings is 1. The zero-order valence-electron chi connectivity index (χ0n) is 14.2. The summed E-state index contributed by atoms with van der Waals surface area (Å²) in [5.41, 5.74) is 1.21. The lowest BCUT2D eigenvalue weighted by Crippen LogP contribution is -2.37. The molecule has 6 heteroatoms. The third-order valence-electron chi connectivity index (χ3n) is 4.27. The van der Waals surface area contributed by atoms with Crippen molar-refractivity contribution < 1.29 is 14.3 Å². The summed E-state index contributed by atoms with van der Waals surface area (Å²) in [7, 11) is 1.62. The van der Waals surface area contributed by atoms with Gasteiger partial charge in [-0.2, -0.15) is 0 Å². The van der Waals surface area contributed by atoms with Crippen LogP contribution in [0.2, 0.25) is 0 Å². The molecule has 6 nitrogen and oxygen atoms in total. The molecule has 0 bridgehead atoms. The standard InChI is InChI=1S/C19H22N2O4/c1-24-16-5-2-4-14(10-16)12-21(13-17-6-3-9-25-17)19(23)15-7-8-18(22)20-11-15/h2,4-5,7-8,10-11,17H,3,6,9,12-13H2,1H3,(H,20,22)/t17-/m1/s1. The summed E-state index contributed by atoms with van der Waals surface area (Å²) in [5.74, 6) is 0.626. The van der Waals surface area contributed by atoms with Crippen LogP contribution in [0, 0.1) is 0 Å². The van der Waals surface area contributed by atoms with E-state index in [0.29, 0.717) is 18.7 Å². The monoisotopic (exact) mass is 342 g/mol. The molecule has 1 N–H and O–H groups in total. The maximum atomic E-state index is 12.9. The van der Waals surface area contributed by atoms with Crippen molar-refractivity contribution in [3.05, 3.63) is 64.1 Å². The zero-order chi connectivity index (χ0) is 17.6. The molecule has 0 radical (unpaired) electrons. The largest absolute Gasteiger partial charge is 0.497 e. The van der Waals surface area contributed by atoms with Gasteiger partial charge in [0, 0.05) is 32.0 Å². The molecule has 1 aliphatic heterocycles. The van der Waals surface area contributed by atoms with Crippen molar-refractivity contribution in [2.24, 2.45) is 0 Å². The number of carbonyl (C=O) groups is 1. The topological polar surface area (TPSA) is 71.6 Å². The lowest BCUT2D eigenvalue weighted by atomic mass is 10.1. The van der Waals surface area contributed by atoms with Crippen molar-refractivity contribution in [1.29, 1.82) is 0 Å². The Morgan fingerprint density at radius 3 is 2.92 bits per heavy atom. The fraction of sp³-hybridized carbons (Fsp3) is 0.368. The number of aromatic amines is 1. The second-order valence-corrected chi connectivity index (χ2v) is 6.11. The number of hydrogen-bond donors (Lipinski definition) is 1. The summed E-state index contributed by atoms with van der Waals surface area (Å²) in [6.07, 6.45) is 3.48. The van der Waals surface area contributed by atoms with Crippen LogP contribution >= 0.6 is 0 Å². The van der Waals surface area contributed by atoms with E-state index in [0.717, 1.165) is 30.8 Å². The van der Waals surface area contributed by atoms with Gasteiger partial charge in [0.15, 0.2) is 0 Å². The van der Waals surface area contributed by atoms with E-state index in [1.807, 2.05) is 24.3 Å². The van der Waals surface area contributed by atoms with Crippen molar-refractivity contribution >= 4 is 5.91 Å². The third kappa shape index (κ3) is 4.48. The average Bonchev–Trinajstić information content (AvgIpc) is 3.14. The third-order valence-corrected chi connectivity index (χ3v) is 4.27. The van der Waals surface area contributed by atoms with Crippen LogP contribution in [0.4, 0.5) is 0 Å². The van der Waals surface area contributed by atoms with E-state index in [1.54, 1.807) is 18.1 Å². The van der Waals surface area contributed by atoms with Gasteiger partial charge in [-0.15, -0.1) is 0 Å². The fourth-order valence-electron chi connectivity index (χ4n) is 2.97. The molecular formula is C19H22N2O4. The molecule has 0 aliphatic carbocycles. The second kappa shape index (κ2) is 7.98. The number of H-pyrrole nitrogens is 1. The summed E-state index contributed by atoms with van der Waals surface area (Å²) >= 11 is 0. The van der Waals surface area contributed by atoms with Gasteiger partial charge in [0.05, 0.1) is 18.8 Å². The molecule has 2 heterocycles. The Bertz CT molecular complexity index is 760. The van der Waals surface area contributed by atoms with Crippen LogP contribution in [-0.4, -0.2) is 42.2 Å². The van der Waals surface area contributed by atoms with Gasteiger partial charge in [0.1, 0.15) is 5.75 Å². The Morgan fingerprint density at radius 2 is 2.24 bits per heavy atom. The number of nitrogens with zero attached hydrogens (tertiary/aromatic N) is 1. The number of carbonyl (C=O) groups excluding carboxylic acids is 1. The van der Waals surface area contributed by atoms with Crippen LogP contribution in [0.15, 0.2) is 47.4 Å². The summed E-state index contributed by atoms with van der Waals surface area (Å²) in [4.78, 5) is 28.5. The van der Waals surface area contributed by atoms with Crippen LogP contribution in [0.3, 0.4) is 0 Å². The maximum absolute atomic E-state index is 12.9. The Hall–Kier alpha value is -2.60. The minimum absolute atomic E-state index is 0.0531. The number of nitrogens with one attached hydrogen (secondary N) is 1. The molecule has 1 aliphatic rings. The molecule has 1 amide bonds. The summed E-state index contributed by atoms with van der Waals surface area (Å²) < 4.78 is 11.0. The highest BCUT2D eigenvalue weighted by molar-refractivity contribution is 5.93. The quantitative estimate of drug-likeness (QED) is 0.874. The van der Waals surface area contributed by atoms with Crippen LogP contribution in [0.25, 0.3) is 0 Å². The van der Waals surface area contributed by atoms with E-state index in [4.69, 9.17) is 9.47 Å². The minimum atomic E-state index is -0.227. The number of aromatic nitrogens is 1. The normalized spacial score (nSPS) is 16.6. The van der Waals surface area contributed by atoms with Gasteiger partial charge >= 0.3 is 0 Å². The van der Waals surface area contributed by atoms with Crippen LogP contribution in [-0.2, 0) is 11.3 Å². The first-order valence-electron chi connectivity index (χ1n) is 8.38. The van der Waals surface area contributed by atoms with Crippen LogP contribution < -0.4 is 10.3 Å². The molecule has 2 aromatic rings. The van der Waals surface area contributed by atoms with Gasteiger partial charge in [0.25, 0.3) is 5.91 Å². The Balaban J connectivity index is 1.81. The first-order valence-corrected chi connectivity index (χ1v) is 8.38. The second-order valence-electron chi connectivity index (χ2n) is 6.11.